The SMILES string of the molecule is C=C(C)c1ccccc1.CCN(CC)C(=O)[C@@H]1C=C2c3cccc4[nH]cc(c34)C[C@H]2N(C)C1. The minimum atomic E-state index is -0.0445. The molecule has 5 rings (SSSR count). The van der Waals surface area contributed by atoms with Gasteiger partial charge in [-0.3, -0.25) is 9.69 Å². The van der Waals surface area contributed by atoms with Crippen LogP contribution in [-0.4, -0.2) is 53.4 Å². The zero-order valence-corrected chi connectivity index (χ0v) is 20.3. The number of allylic oxidation sites excluding steroid dienone is 1. The molecule has 1 aliphatic heterocycles. The molecule has 0 spiro atoms. The van der Waals surface area contributed by atoms with Gasteiger partial charge in [0.15, 0.2) is 0 Å². The van der Waals surface area contributed by atoms with E-state index in [2.05, 4.69) is 80.0 Å². The highest BCUT2D eigenvalue weighted by Gasteiger charge is 2.36. The monoisotopic (exact) mass is 441 g/mol. The summed E-state index contributed by atoms with van der Waals surface area (Å²) in [7, 11) is 2.15. The van der Waals surface area contributed by atoms with E-state index in [1.165, 1.54) is 33.2 Å². The van der Waals surface area contributed by atoms with E-state index in [1.54, 1.807) is 0 Å². The zero-order valence-electron chi connectivity index (χ0n) is 20.3. The summed E-state index contributed by atoms with van der Waals surface area (Å²) in [4.78, 5) is 20.6. The van der Waals surface area contributed by atoms with Gasteiger partial charge in [0.05, 0.1) is 5.92 Å². The third-order valence-electron chi connectivity index (χ3n) is 6.93. The Morgan fingerprint density at radius 3 is 2.48 bits per heavy atom. The third kappa shape index (κ3) is 4.53. The molecule has 0 saturated carbocycles. The number of nitrogens with zero attached hydrogens (tertiary/aromatic N) is 2. The van der Waals surface area contributed by atoms with Crippen molar-refractivity contribution in [1.29, 1.82) is 0 Å². The summed E-state index contributed by atoms with van der Waals surface area (Å²) >= 11 is 0. The van der Waals surface area contributed by atoms with Crippen molar-refractivity contribution < 1.29 is 4.79 Å². The number of nitrogens with one attached hydrogen (secondary N) is 1. The second-order valence-corrected chi connectivity index (χ2v) is 9.09. The molecule has 4 nitrogen and oxygen atoms in total. The fraction of sp³-hybridized carbons (Fsp3) is 0.345. The van der Waals surface area contributed by atoms with Crippen molar-refractivity contribution in [1.82, 2.24) is 14.8 Å². The molecule has 4 heteroatoms. The van der Waals surface area contributed by atoms with Crippen LogP contribution in [0.15, 0.2) is 67.4 Å². The maximum atomic E-state index is 12.9. The molecule has 1 amide bonds. The van der Waals surface area contributed by atoms with Crippen molar-refractivity contribution in [3.63, 3.8) is 0 Å². The Labute approximate surface area is 197 Å². The number of hydrogen-bond donors (Lipinski definition) is 1. The molecule has 2 aliphatic rings. The summed E-state index contributed by atoms with van der Waals surface area (Å²) in [6.45, 7) is 12.3. The molecule has 33 heavy (non-hydrogen) atoms. The zero-order chi connectivity index (χ0) is 23.5. The minimum Gasteiger partial charge on any atom is -0.361 e. The molecule has 0 unspecified atom stereocenters. The topological polar surface area (TPSA) is 39.3 Å². The van der Waals surface area contributed by atoms with Crippen molar-refractivity contribution in [2.24, 2.45) is 5.92 Å². The van der Waals surface area contributed by atoms with E-state index in [-0.39, 0.29) is 11.8 Å². The summed E-state index contributed by atoms with van der Waals surface area (Å²) in [5.74, 6) is 0.210. The lowest BCUT2D eigenvalue weighted by molar-refractivity contribution is -0.134. The van der Waals surface area contributed by atoms with Crippen molar-refractivity contribution in [2.75, 3.05) is 26.7 Å². The first-order valence-corrected chi connectivity index (χ1v) is 12.0. The van der Waals surface area contributed by atoms with Crippen molar-refractivity contribution in [3.8, 4) is 0 Å². The summed E-state index contributed by atoms with van der Waals surface area (Å²) in [5.41, 5.74) is 7.55. The van der Waals surface area contributed by atoms with Crippen LogP contribution in [0, 0.1) is 5.92 Å². The molecule has 1 N–H and O–H groups in total. The lowest BCUT2D eigenvalue weighted by Gasteiger charge is -2.40. The lowest BCUT2D eigenvalue weighted by Crippen LogP contribution is -2.47. The second kappa shape index (κ2) is 9.80. The number of fused-ring (bicyclic) bond motifs is 2. The molecule has 1 aromatic heterocycles. The Morgan fingerprint density at radius 1 is 1.12 bits per heavy atom. The number of amides is 1. The van der Waals surface area contributed by atoms with E-state index in [0.717, 1.165) is 31.6 Å². The lowest BCUT2D eigenvalue weighted by atomic mass is 9.79. The predicted molar refractivity (Wildman–Crippen MR) is 139 cm³/mol. The highest BCUT2D eigenvalue weighted by Crippen LogP contribution is 2.40. The Morgan fingerprint density at radius 2 is 1.85 bits per heavy atom. The fourth-order valence-electron chi connectivity index (χ4n) is 5.10. The fourth-order valence-corrected chi connectivity index (χ4v) is 5.10. The predicted octanol–water partition coefficient (Wildman–Crippen LogP) is 5.63. The average Bonchev–Trinajstić information content (AvgIpc) is 3.25. The van der Waals surface area contributed by atoms with Crippen LogP contribution < -0.4 is 0 Å². The molecule has 2 atom stereocenters. The average molecular weight is 442 g/mol. The maximum absolute atomic E-state index is 12.9. The van der Waals surface area contributed by atoms with Gasteiger partial charge in [0.25, 0.3) is 0 Å². The van der Waals surface area contributed by atoms with Crippen LogP contribution in [0.3, 0.4) is 0 Å². The number of benzene rings is 2. The van der Waals surface area contributed by atoms with Gasteiger partial charge >= 0.3 is 0 Å². The first kappa shape index (κ1) is 23.1. The van der Waals surface area contributed by atoms with Crippen LogP contribution in [0.1, 0.15) is 37.5 Å². The molecular formula is C29H35N3O. The minimum absolute atomic E-state index is 0.0445. The molecular weight excluding hydrogens is 406 g/mol. The van der Waals surface area contributed by atoms with Gasteiger partial charge in [-0.1, -0.05) is 60.7 Å². The molecule has 0 radical (unpaired) electrons. The van der Waals surface area contributed by atoms with E-state index < -0.39 is 0 Å². The Bertz CT molecular complexity index is 1170. The Kier molecular flexibility index (Phi) is 6.85. The van der Waals surface area contributed by atoms with Gasteiger partial charge in [-0.15, -0.1) is 0 Å². The van der Waals surface area contributed by atoms with Gasteiger partial charge in [0, 0.05) is 42.8 Å². The van der Waals surface area contributed by atoms with Crippen LogP contribution in [-0.2, 0) is 11.2 Å². The van der Waals surface area contributed by atoms with Crippen LogP contribution in [0.5, 0.6) is 0 Å². The Hall–Kier alpha value is -3.11. The van der Waals surface area contributed by atoms with Crippen molar-refractivity contribution >= 4 is 28.0 Å². The first-order valence-electron chi connectivity index (χ1n) is 12.0. The summed E-state index contributed by atoms with van der Waals surface area (Å²) in [5, 5.41) is 1.34. The molecule has 1 aliphatic carbocycles. The van der Waals surface area contributed by atoms with Crippen LogP contribution in [0.4, 0.5) is 0 Å². The molecule has 2 aromatic carbocycles. The van der Waals surface area contributed by atoms with Crippen LogP contribution >= 0.6 is 0 Å². The van der Waals surface area contributed by atoms with E-state index in [0.29, 0.717) is 6.04 Å². The second-order valence-electron chi connectivity index (χ2n) is 9.09. The number of hydrogen-bond acceptors (Lipinski definition) is 2. The van der Waals surface area contributed by atoms with E-state index in [9.17, 15) is 4.79 Å². The van der Waals surface area contributed by atoms with Gasteiger partial charge in [-0.2, -0.15) is 0 Å². The molecule has 0 bridgehead atoms. The van der Waals surface area contributed by atoms with Crippen molar-refractivity contribution in [2.45, 2.75) is 33.2 Å². The number of carbonyl (C=O) groups excluding carboxylic acids is 1. The van der Waals surface area contributed by atoms with Gasteiger partial charge in [-0.05, 0) is 62.6 Å². The highest BCUT2D eigenvalue weighted by atomic mass is 16.2. The summed E-state index contributed by atoms with van der Waals surface area (Å²) in [6.07, 6.45) is 5.41. The number of rotatable bonds is 4. The number of aromatic amines is 1. The molecule has 172 valence electrons. The third-order valence-corrected chi connectivity index (χ3v) is 6.93. The molecule has 2 heterocycles. The smallest absolute Gasteiger partial charge is 0.230 e. The number of H-pyrrole nitrogens is 1. The number of carbonyl (C=O) groups is 1. The van der Waals surface area contributed by atoms with Gasteiger partial charge in [-0.25, -0.2) is 0 Å². The van der Waals surface area contributed by atoms with E-state index in [4.69, 9.17) is 0 Å². The highest BCUT2D eigenvalue weighted by molar-refractivity contribution is 5.99. The Balaban J connectivity index is 0.000000243. The molecule has 0 saturated heterocycles. The van der Waals surface area contributed by atoms with Gasteiger partial charge < -0.3 is 9.88 Å². The van der Waals surface area contributed by atoms with Crippen LogP contribution in [0.25, 0.3) is 22.0 Å². The van der Waals surface area contributed by atoms with Crippen LogP contribution in [0.2, 0.25) is 0 Å². The largest absolute Gasteiger partial charge is 0.361 e. The van der Waals surface area contributed by atoms with Gasteiger partial charge in [0.2, 0.25) is 5.91 Å². The number of aromatic nitrogens is 1. The quantitative estimate of drug-likeness (QED) is 0.570. The maximum Gasteiger partial charge on any atom is 0.230 e. The number of likely N-dealkylation sites (N-methyl/N-ethyl adjacent to an activating group) is 1. The summed E-state index contributed by atoms with van der Waals surface area (Å²) < 4.78 is 0. The summed E-state index contributed by atoms with van der Waals surface area (Å²) in [6, 6.07) is 17.0. The molecule has 3 aromatic rings. The molecule has 0 fully saturated rings. The standard InChI is InChI=1S/C20H25N3O.C9H10/c1-4-23(5-2)20(24)14-9-16-15-7-6-8-17-19(15)13(11-21-17)10-18(16)22(3)12-14;1-8(2)9-6-4-3-5-7-9/h6-9,11,14,18,21H,4-5,10,12H2,1-3H3;3-7H,1H2,2H3/t14-,18-;/m1./s1. The normalized spacial score (nSPS) is 19.2. The van der Waals surface area contributed by atoms with Gasteiger partial charge in [0.1, 0.15) is 0 Å². The first-order chi connectivity index (χ1) is 15.9. The van der Waals surface area contributed by atoms with E-state index in [1.807, 2.05) is 30.0 Å². The van der Waals surface area contributed by atoms with Crippen molar-refractivity contribution in [3.05, 3.63) is 84.1 Å². The van der Waals surface area contributed by atoms with E-state index >= 15 is 0 Å².